The number of piperidine rings is 1. The lowest BCUT2D eigenvalue weighted by Crippen LogP contribution is -2.53. The first-order valence-corrected chi connectivity index (χ1v) is 11.5. The van der Waals surface area contributed by atoms with Crippen LogP contribution in [0.25, 0.3) is 0 Å². The zero-order valence-corrected chi connectivity index (χ0v) is 17.7. The van der Waals surface area contributed by atoms with Crippen molar-refractivity contribution < 1.29 is 17.9 Å². The molecule has 0 aromatic heterocycles. The van der Waals surface area contributed by atoms with Crippen molar-refractivity contribution in [3.63, 3.8) is 0 Å². The first-order chi connectivity index (χ1) is 13.9. The standard InChI is InChI=1S/C21H23ClN2O4S/c1-15-10-12-23(13-11-15)21(25)20-14-24(18-4-2-3-5-19(18)28-20)29(26,27)17-8-6-16(22)7-9-17/h2-9,15,20H,10-14H2,1H3/t20-/m1/s1. The Morgan fingerprint density at radius 2 is 1.72 bits per heavy atom. The van der Waals surface area contributed by atoms with Crippen LogP contribution in [0.15, 0.2) is 53.4 Å². The summed E-state index contributed by atoms with van der Waals surface area (Å²) < 4.78 is 33.9. The molecule has 1 atom stereocenters. The van der Waals surface area contributed by atoms with Gasteiger partial charge in [0.05, 0.1) is 17.1 Å². The molecule has 0 bridgehead atoms. The number of sulfonamides is 1. The molecule has 154 valence electrons. The molecule has 1 amide bonds. The minimum Gasteiger partial charge on any atom is -0.476 e. The van der Waals surface area contributed by atoms with Crippen LogP contribution in [-0.4, -0.2) is 45.0 Å². The normalized spacial score (nSPS) is 20.1. The molecule has 0 N–H and O–H groups in total. The van der Waals surface area contributed by atoms with Crippen molar-refractivity contribution in [2.45, 2.75) is 30.8 Å². The lowest BCUT2D eigenvalue weighted by molar-refractivity contribution is -0.139. The lowest BCUT2D eigenvalue weighted by Gasteiger charge is -2.38. The topological polar surface area (TPSA) is 66.9 Å². The summed E-state index contributed by atoms with van der Waals surface area (Å²) in [6.45, 7) is 3.46. The van der Waals surface area contributed by atoms with Crippen LogP contribution < -0.4 is 9.04 Å². The fourth-order valence-electron chi connectivity index (χ4n) is 3.72. The van der Waals surface area contributed by atoms with Crippen molar-refractivity contribution in [3.8, 4) is 5.75 Å². The van der Waals surface area contributed by atoms with E-state index in [0.717, 1.165) is 12.8 Å². The highest BCUT2D eigenvalue weighted by Gasteiger charge is 2.39. The molecule has 2 heterocycles. The average molecular weight is 435 g/mol. The first kappa shape index (κ1) is 20.0. The van der Waals surface area contributed by atoms with E-state index in [1.165, 1.54) is 16.4 Å². The highest BCUT2D eigenvalue weighted by Crippen LogP contribution is 2.37. The Morgan fingerprint density at radius 3 is 2.41 bits per heavy atom. The molecule has 0 radical (unpaired) electrons. The number of benzene rings is 2. The molecule has 2 aliphatic heterocycles. The van der Waals surface area contributed by atoms with E-state index in [4.69, 9.17) is 16.3 Å². The van der Waals surface area contributed by atoms with E-state index in [0.29, 0.717) is 35.5 Å². The smallest absolute Gasteiger partial charge is 0.265 e. The number of para-hydroxylation sites is 2. The molecular weight excluding hydrogens is 412 g/mol. The van der Waals surface area contributed by atoms with Gasteiger partial charge in [0.2, 0.25) is 0 Å². The van der Waals surface area contributed by atoms with Crippen LogP contribution in [0.1, 0.15) is 19.8 Å². The van der Waals surface area contributed by atoms with Gasteiger partial charge in [-0.25, -0.2) is 8.42 Å². The largest absolute Gasteiger partial charge is 0.476 e. The molecule has 2 aromatic carbocycles. The van der Waals surface area contributed by atoms with Crippen LogP contribution in [-0.2, 0) is 14.8 Å². The number of fused-ring (bicyclic) bond motifs is 1. The Morgan fingerprint density at radius 1 is 1.07 bits per heavy atom. The van der Waals surface area contributed by atoms with Crippen LogP contribution in [0.4, 0.5) is 5.69 Å². The maximum absolute atomic E-state index is 13.4. The second-order valence-corrected chi connectivity index (χ2v) is 9.87. The van der Waals surface area contributed by atoms with Gasteiger partial charge in [-0.1, -0.05) is 30.7 Å². The number of hydrogen-bond acceptors (Lipinski definition) is 4. The van der Waals surface area contributed by atoms with Crippen molar-refractivity contribution in [2.24, 2.45) is 5.92 Å². The van der Waals surface area contributed by atoms with Crippen LogP contribution in [0.5, 0.6) is 5.75 Å². The van der Waals surface area contributed by atoms with E-state index in [9.17, 15) is 13.2 Å². The third kappa shape index (κ3) is 3.94. The number of carbonyl (C=O) groups is 1. The third-order valence-corrected chi connectivity index (χ3v) is 7.55. The molecule has 0 spiro atoms. The summed E-state index contributed by atoms with van der Waals surface area (Å²) in [7, 11) is -3.87. The summed E-state index contributed by atoms with van der Waals surface area (Å²) >= 11 is 5.91. The van der Waals surface area contributed by atoms with Crippen LogP contribution in [0.3, 0.4) is 0 Å². The van der Waals surface area contributed by atoms with Crippen LogP contribution >= 0.6 is 11.6 Å². The number of likely N-dealkylation sites (tertiary alicyclic amines) is 1. The van der Waals surface area contributed by atoms with Gasteiger partial charge in [0.1, 0.15) is 5.75 Å². The zero-order valence-electron chi connectivity index (χ0n) is 16.1. The van der Waals surface area contributed by atoms with E-state index in [2.05, 4.69) is 6.92 Å². The Labute approximate surface area is 176 Å². The molecule has 29 heavy (non-hydrogen) atoms. The molecule has 0 saturated carbocycles. The van der Waals surface area contributed by atoms with Gasteiger partial charge in [0, 0.05) is 18.1 Å². The van der Waals surface area contributed by atoms with Gasteiger partial charge in [-0.2, -0.15) is 0 Å². The molecule has 8 heteroatoms. The van der Waals surface area contributed by atoms with Crippen molar-refractivity contribution in [1.29, 1.82) is 0 Å². The molecule has 0 aliphatic carbocycles. The molecule has 2 aromatic rings. The predicted octanol–water partition coefficient (Wildman–Crippen LogP) is 3.55. The van der Waals surface area contributed by atoms with E-state index in [1.54, 1.807) is 41.3 Å². The molecule has 1 saturated heterocycles. The molecule has 4 rings (SSSR count). The van der Waals surface area contributed by atoms with E-state index >= 15 is 0 Å². The number of hydrogen-bond donors (Lipinski definition) is 0. The first-order valence-electron chi connectivity index (χ1n) is 9.69. The summed E-state index contributed by atoms with van der Waals surface area (Å²) in [4.78, 5) is 15.0. The summed E-state index contributed by atoms with van der Waals surface area (Å²) in [6.07, 6.45) is 1.02. The van der Waals surface area contributed by atoms with Gasteiger partial charge >= 0.3 is 0 Å². The number of halogens is 1. The number of nitrogens with zero attached hydrogens (tertiary/aromatic N) is 2. The minimum absolute atomic E-state index is 0.0626. The summed E-state index contributed by atoms with van der Waals surface area (Å²) in [6, 6.07) is 12.9. The average Bonchev–Trinajstić information content (AvgIpc) is 2.73. The summed E-state index contributed by atoms with van der Waals surface area (Å²) in [5.74, 6) is 0.816. The van der Waals surface area contributed by atoms with Gasteiger partial charge in [-0.15, -0.1) is 0 Å². The number of anilines is 1. The van der Waals surface area contributed by atoms with Crippen molar-refractivity contribution in [1.82, 2.24) is 4.90 Å². The summed E-state index contributed by atoms with van der Waals surface area (Å²) in [5.41, 5.74) is 0.429. The maximum Gasteiger partial charge on any atom is 0.265 e. The van der Waals surface area contributed by atoms with Gasteiger partial charge in [0.25, 0.3) is 15.9 Å². The Balaban J connectivity index is 1.66. The highest BCUT2D eigenvalue weighted by molar-refractivity contribution is 7.92. The highest BCUT2D eigenvalue weighted by atomic mass is 35.5. The minimum atomic E-state index is -3.87. The Bertz CT molecular complexity index is 1000. The van der Waals surface area contributed by atoms with E-state index < -0.39 is 16.1 Å². The predicted molar refractivity (Wildman–Crippen MR) is 112 cm³/mol. The monoisotopic (exact) mass is 434 g/mol. The molecule has 1 fully saturated rings. The lowest BCUT2D eigenvalue weighted by atomic mass is 9.99. The zero-order chi connectivity index (χ0) is 20.6. The molecule has 0 unspecified atom stereocenters. The quantitative estimate of drug-likeness (QED) is 0.740. The Kier molecular flexibility index (Phi) is 5.44. The fourth-order valence-corrected chi connectivity index (χ4v) is 5.33. The summed E-state index contributed by atoms with van der Waals surface area (Å²) in [5, 5.41) is 0.457. The van der Waals surface area contributed by atoms with Crippen molar-refractivity contribution in [3.05, 3.63) is 53.6 Å². The van der Waals surface area contributed by atoms with E-state index in [-0.39, 0.29) is 17.3 Å². The fraction of sp³-hybridized carbons (Fsp3) is 0.381. The molecule has 2 aliphatic rings. The SMILES string of the molecule is CC1CCN(C(=O)[C@H]2CN(S(=O)(=O)c3ccc(Cl)cc3)c3ccccc3O2)CC1. The number of rotatable bonds is 3. The van der Waals surface area contributed by atoms with Crippen LogP contribution in [0.2, 0.25) is 5.02 Å². The third-order valence-electron chi connectivity index (χ3n) is 5.51. The van der Waals surface area contributed by atoms with Crippen molar-refractivity contribution in [2.75, 3.05) is 23.9 Å². The van der Waals surface area contributed by atoms with Gasteiger partial charge in [-0.05, 0) is 55.2 Å². The molecular formula is C21H23ClN2O4S. The Hall–Kier alpha value is -2.25. The van der Waals surface area contributed by atoms with Gasteiger partial charge < -0.3 is 9.64 Å². The molecule has 6 nitrogen and oxygen atoms in total. The van der Waals surface area contributed by atoms with Crippen LogP contribution in [0, 0.1) is 5.92 Å². The second-order valence-electron chi connectivity index (χ2n) is 7.57. The number of amides is 1. The van der Waals surface area contributed by atoms with Crippen molar-refractivity contribution >= 4 is 33.2 Å². The second kappa shape index (κ2) is 7.88. The number of ether oxygens (including phenoxy) is 1. The van der Waals surface area contributed by atoms with Gasteiger partial charge in [-0.3, -0.25) is 9.10 Å². The van der Waals surface area contributed by atoms with Gasteiger partial charge in [0.15, 0.2) is 6.10 Å². The maximum atomic E-state index is 13.4. The van der Waals surface area contributed by atoms with E-state index in [1.807, 2.05) is 0 Å². The number of carbonyl (C=O) groups excluding carboxylic acids is 1.